The van der Waals surface area contributed by atoms with E-state index in [1.807, 2.05) is 6.92 Å². The van der Waals surface area contributed by atoms with Crippen LogP contribution in [0.3, 0.4) is 0 Å². The predicted octanol–water partition coefficient (Wildman–Crippen LogP) is 6.49. The van der Waals surface area contributed by atoms with Crippen LogP contribution < -0.4 is 0 Å². The zero-order valence-electron chi connectivity index (χ0n) is 17.9. The van der Waals surface area contributed by atoms with Crippen LogP contribution in [0, 0.1) is 23.7 Å². The van der Waals surface area contributed by atoms with Gasteiger partial charge in [-0.1, -0.05) is 18.9 Å². The van der Waals surface area contributed by atoms with E-state index in [9.17, 15) is 8.78 Å². The van der Waals surface area contributed by atoms with E-state index in [2.05, 4.69) is 12.2 Å². The Morgan fingerprint density at radius 3 is 2.10 bits per heavy atom. The fraction of sp³-hybridized carbons (Fsp3) is 0.833. The molecule has 0 N–H and O–H groups in total. The average Bonchev–Trinajstić information content (AvgIpc) is 2.74. The third-order valence-corrected chi connectivity index (χ3v) is 7.08. The first-order valence-corrected chi connectivity index (χ1v) is 11.7. The van der Waals surface area contributed by atoms with Crippen LogP contribution in [0.5, 0.6) is 0 Å². The van der Waals surface area contributed by atoms with Gasteiger partial charge in [0.1, 0.15) is 6.10 Å². The smallest absolute Gasteiger partial charge is 0.266 e. The highest BCUT2D eigenvalue weighted by Gasteiger charge is 2.30. The van der Waals surface area contributed by atoms with Crippen molar-refractivity contribution in [3.05, 3.63) is 24.3 Å². The second-order valence-electron chi connectivity index (χ2n) is 9.02. The molecule has 3 rings (SSSR count). The Bertz CT molecular complexity index is 508. The summed E-state index contributed by atoms with van der Waals surface area (Å²) < 4.78 is 41.3. The van der Waals surface area contributed by atoms with Gasteiger partial charge in [-0.25, -0.2) is 0 Å². The molecule has 0 radical (unpaired) electrons. The Kier molecular flexibility index (Phi) is 9.60. The molecule has 0 bridgehead atoms. The molecule has 0 amide bonds. The van der Waals surface area contributed by atoms with E-state index in [0.29, 0.717) is 38.1 Å². The second-order valence-corrected chi connectivity index (χ2v) is 9.02. The van der Waals surface area contributed by atoms with Crippen LogP contribution in [-0.2, 0) is 14.2 Å². The summed E-state index contributed by atoms with van der Waals surface area (Å²) in [6.07, 6.45) is 15.5. The number of ether oxygens (including phenoxy) is 3. The van der Waals surface area contributed by atoms with E-state index in [-0.39, 0.29) is 12.4 Å². The van der Waals surface area contributed by atoms with Crippen molar-refractivity contribution in [1.29, 1.82) is 0 Å². The molecule has 0 atom stereocenters. The van der Waals surface area contributed by atoms with Crippen LogP contribution in [0.25, 0.3) is 0 Å². The van der Waals surface area contributed by atoms with Gasteiger partial charge in [0.2, 0.25) is 0 Å². The molecular weight excluding hydrogens is 374 g/mol. The maximum Gasteiger partial charge on any atom is 0.266 e. The van der Waals surface area contributed by atoms with Crippen LogP contribution in [0.2, 0.25) is 0 Å². The molecule has 0 unspecified atom stereocenters. The molecule has 1 aliphatic heterocycles. The maximum absolute atomic E-state index is 12.2. The Hall–Kier alpha value is -0.780. The minimum absolute atomic E-state index is 0.0662. The lowest BCUT2D eigenvalue weighted by molar-refractivity contribution is -0.204. The summed E-state index contributed by atoms with van der Waals surface area (Å²) in [7, 11) is 0. The summed E-state index contributed by atoms with van der Waals surface area (Å²) in [5, 5.41) is 0. The highest BCUT2D eigenvalue weighted by Crippen LogP contribution is 2.42. The first-order valence-electron chi connectivity index (χ1n) is 11.7. The predicted molar refractivity (Wildman–Crippen MR) is 111 cm³/mol. The topological polar surface area (TPSA) is 27.7 Å². The van der Waals surface area contributed by atoms with Crippen LogP contribution in [0.4, 0.5) is 8.78 Å². The fourth-order valence-corrected chi connectivity index (χ4v) is 5.38. The van der Waals surface area contributed by atoms with E-state index < -0.39 is 6.08 Å². The number of halogens is 2. The van der Waals surface area contributed by atoms with Gasteiger partial charge in [0, 0.05) is 6.61 Å². The molecule has 0 aromatic carbocycles. The van der Waals surface area contributed by atoms with Gasteiger partial charge in [0.05, 0.1) is 13.2 Å². The summed E-state index contributed by atoms with van der Waals surface area (Å²) in [5.41, 5.74) is 0. The van der Waals surface area contributed by atoms with Gasteiger partial charge in [-0.15, -0.1) is 0 Å². The van der Waals surface area contributed by atoms with Crippen molar-refractivity contribution in [2.75, 3.05) is 19.8 Å². The molecule has 0 spiro atoms. The number of hydrogen-bond donors (Lipinski definition) is 0. The standard InChI is InChI=1S/C24H38F2O3/c1-2-27-22-16-28-24(29-17-22)15-10-19-8-13-21(14-9-19)20-11-6-18(7-12-20)4-3-5-23(25)26/h5,10,15,18-22,24H,2-4,6-9,11-14,16-17H2,1H3. The summed E-state index contributed by atoms with van der Waals surface area (Å²) in [6.45, 7) is 3.90. The Balaban J connectivity index is 1.30. The molecule has 1 saturated heterocycles. The minimum atomic E-state index is -1.53. The van der Waals surface area contributed by atoms with Crippen LogP contribution >= 0.6 is 0 Å². The fourth-order valence-electron chi connectivity index (χ4n) is 5.38. The molecule has 0 aromatic heterocycles. The highest BCUT2D eigenvalue weighted by molar-refractivity contribution is 4.95. The van der Waals surface area contributed by atoms with Crippen LogP contribution in [0.15, 0.2) is 24.3 Å². The normalized spacial score (nSPS) is 36.2. The van der Waals surface area contributed by atoms with Gasteiger partial charge < -0.3 is 14.2 Å². The number of allylic oxidation sites excluding steroid dienone is 2. The summed E-state index contributed by atoms with van der Waals surface area (Å²) in [5.74, 6) is 3.00. The molecule has 3 aliphatic rings. The van der Waals surface area contributed by atoms with E-state index >= 15 is 0 Å². The van der Waals surface area contributed by atoms with E-state index in [0.717, 1.165) is 24.3 Å². The van der Waals surface area contributed by atoms with Crippen LogP contribution in [0.1, 0.15) is 71.1 Å². The third-order valence-electron chi connectivity index (χ3n) is 7.08. The van der Waals surface area contributed by atoms with Crippen LogP contribution in [-0.4, -0.2) is 32.2 Å². The molecule has 0 aromatic rings. The van der Waals surface area contributed by atoms with Crippen molar-refractivity contribution in [3.63, 3.8) is 0 Å². The molecule has 2 saturated carbocycles. The van der Waals surface area contributed by atoms with Crippen molar-refractivity contribution in [3.8, 4) is 0 Å². The van der Waals surface area contributed by atoms with Gasteiger partial charge in [0.25, 0.3) is 6.08 Å². The maximum atomic E-state index is 12.2. The summed E-state index contributed by atoms with van der Waals surface area (Å²) in [6, 6.07) is 0. The third kappa shape index (κ3) is 7.76. The lowest BCUT2D eigenvalue weighted by Gasteiger charge is -2.37. The Morgan fingerprint density at radius 1 is 0.897 bits per heavy atom. The first kappa shape index (κ1) is 22.9. The van der Waals surface area contributed by atoms with E-state index in [4.69, 9.17) is 14.2 Å². The van der Waals surface area contributed by atoms with Crippen molar-refractivity contribution < 1.29 is 23.0 Å². The quantitative estimate of drug-likeness (QED) is 0.426. The number of hydrogen-bond acceptors (Lipinski definition) is 3. The summed E-state index contributed by atoms with van der Waals surface area (Å²) >= 11 is 0. The lowest BCUT2D eigenvalue weighted by Crippen LogP contribution is -2.36. The molecule has 3 fully saturated rings. The zero-order valence-corrected chi connectivity index (χ0v) is 17.9. The van der Waals surface area contributed by atoms with Crippen molar-refractivity contribution in [2.24, 2.45) is 23.7 Å². The monoisotopic (exact) mass is 412 g/mol. The first-order chi connectivity index (χ1) is 14.1. The molecule has 166 valence electrons. The molecular formula is C24H38F2O3. The summed E-state index contributed by atoms with van der Waals surface area (Å²) in [4.78, 5) is 0. The number of rotatable bonds is 8. The lowest BCUT2D eigenvalue weighted by atomic mass is 9.68. The van der Waals surface area contributed by atoms with Gasteiger partial charge in [-0.3, -0.25) is 0 Å². The van der Waals surface area contributed by atoms with E-state index in [1.54, 1.807) is 0 Å². The second kappa shape index (κ2) is 12.2. The van der Waals surface area contributed by atoms with Gasteiger partial charge in [-0.05, 0) is 94.1 Å². The SMILES string of the molecule is CCOC1COC(C=CC2CCC(C3CCC(CCC=C(F)F)CC3)CC2)OC1. The molecule has 5 heteroatoms. The van der Waals surface area contributed by atoms with E-state index in [1.165, 1.54) is 51.4 Å². The molecule has 3 nitrogen and oxygen atoms in total. The molecule has 1 heterocycles. The zero-order chi connectivity index (χ0) is 20.5. The Morgan fingerprint density at radius 2 is 1.52 bits per heavy atom. The van der Waals surface area contributed by atoms with Gasteiger partial charge in [0.15, 0.2) is 6.29 Å². The molecule has 2 aliphatic carbocycles. The van der Waals surface area contributed by atoms with Gasteiger partial charge in [-0.2, -0.15) is 8.78 Å². The average molecular weight is 413 g/mol. The largest absolute Gasteiger partial charge is 0.374 e. The van der Waals surface area contributed by atoms with Crippen molar-refractivity contribution in [2.45, 2.75) is 83.5 Å². The van der Waals surface area contributed by atoms with Crippen molar-refractivity contribution >= 4 is 0 Å². The highest BCUT2D eigenvalue weighted by atomic mass is 19.3. The molecule has 29 heavy (non-hydrogen) atoms. The van der Waals surface area contributed by atoms with Gasteiger partial charge >= 0.3 is 0 Å². The van der Waals surface area contributed by atoms with Crippen molar-refractivity contribution in [1.82, 2.24) is 0 Å². The Labute approximate surface area is 174 Å². The minimum Gasteiger partial charge on any atom is -0.374 e.